The van der Waals surface area contributed by atoms with Gasteiger partial charge in [0.2, 0.25) is 5.82 Å². The molecule has 4 heterocycles. The minimum Gasteiger partial charge on any atom is -0.494 e. The SMILES string of the molecule is COc1ccc2cc1Oc1ccc(cc1)CC1c3cc(c(OC)cc3CC[N+]1(C)CC(=O)O)Oc1c(F)c(OC)cc3c1C(C2)N(C)CC3. The molecule has 0 amide bonds. The van der Waals surface area contributed by atoms with Gasteiger partial charge >= 0.3 is 5.97 Å². The van der Waals surface area contributed by atoms with Crippen LogP contribution in [0, 0.1) is 5.82 Å². The van der Waals surface area contributed by atoms with Crippen molar-refractivity contribution in [3.63, 3.8) is 0 Å². The lowest BCUT2D eigenvalue weighted by Crippen LogP contribution is -2.54. The molecular formula is C39H42FN2O7+. The fourth-order valence-electron chi connectivity index (χ4n) is 7.81. The zero-order valence-corrected chi connectivity index (χ0v) is 28.5. The number of nitrogens with zero attached hydrogens (tertiary/aromatic N) is 2. The molecule has 3 unspecified atom stereocenters. The second kappa shape index (κ2) is 12.9. The number of carbonyl (C=O) groups is 1. The normalized spacial score (nSPS) is 21.3. The van der Waals surface area contributed by atoms with Gasteiger partial charge in [0.1, 0.15) is 11.8 Å². The summed E-state index contributed by atoms with van der Waals surface area (Å²) in [5.74, 6) is 1.45. The molecule has 6 bridgehead atoms. The number of quaternary nitrogens is 1. The highest BCUT2D eigenvalue weighted by Gasteiger charge is 2.42. The molecule has 0 aliphatic carbocycles. The van der Waals surface area contributed by atoms with E-state index in [2.05, 4.69) is 4.90 Å². The van der Waals surface area contributed by atoms with Gasteiger partial charge in [-0.15, -0.1) is 0 Å². The fourth-order valence-corrected chi connectivity index (χ4v) is 7.81. The van der Waals surface area contributed by atoms with E-state index in [0.717, 1.165) is 39.9 Å². The Balaban J connectivity index is 1.47. The number of hydrogen-bond acceptors (Lipinski definition) is 7. The first-order chi connectivity index (χ1) is 23.6. The summed E-state index contributed by atoms with van der Waals surface area (Å²) >= 11 is 0. The topological polar surface area (TPSA) is 86.7 Å². The number of carboxylic acids is 1. The molecule has 0 spiro atoms. The molecule has 49 heavy (non-hydrogen) atoms. The Labute approximate surface area is 285 Å². The van der Waals surface area contributed by atoms with Crippen LogP contribution in [0.5, 0.6) is 40.2 Å². The summed E-state index contributed by atoms with van der Waals surface area (Å²) in [4.78, 5) is 14.4. The van der Waals surface area contributed by atoms with Gasteiger partial charge in [0.25, 0.3) is 0 Å². The van der Waals surface area contributed by atoms with Gasteiger partial charge in [0.15, 0.2) is 41.0 Å². The van der Waals surface area contributed by atoms with E-state index in [4.69, 9.17) is 23.7 Å². The Morgan fingerprint density at radius 2 is 1.57 bits per heavy atom. The van der Waals surface area contributed by atoms with Crippen LogP contribution in [-0.2, 0) is 30.5 Å². The number of benzene rings is 4. The van der Waals surface area contributed by atoms with Crippen LogP contribution in [-0.4, -0.2) is 75.5 Å². The predicted molar refractivity (Wildman–Crippen MR) is 182 cm³/mol. The average Bonchev–Trinajstić information content (AvgIpc) is 3.08. The molecule has 4 aromatic rings. The second-order valence-corrected chi connectivity index (χ2v) is 13.5. The van der Waals surface area contributed by atoms with E-state index in [9.17, 15) is 9.90 Å². The molecule has 0 radical (unpaired) electrons. The third kappa shape index (κ3) is 6.04. The number of rotatable bonds is 5. The Hall–Kier alpha value is -4.80. The van der Waals surface area contributed by atoms with Crippen LogP contribution in [0.2, 0.25) is 0 Å². The molecule has 8 rings (SSSR count). The number of aliphatic carboxylic acids is 1. The van der Waals surface area contributed by atoms with E-state index < -0.39 is 11.8 Å². The Bertz CT molecular complexity index is 1910. The highest BCUT2D eigenvalue weighted by Crippen LogP contribution is 2.49. The third-order valence-corrected chi connectivity index (χ3v) is 10.5. The van der Waals surface area contributed by atoms with Crippen LogP contribution in [0.25, 0.3) is 0 Å². The van der Waals surface area contributed by atoms with Crippen LogP contribution in [0.4, 0.5) is 4.39 Å². The summed E-state index contributed by atoms with van der Waals surface area (Å²) in [5.41, 5.74) is 5.74. The van der Waals surface area contributed by atoms with Gasteiger partial charge in [-0.2, -0.15) is 4.39 Å². The van der Waals surface area contributed by atoms with Crippen molar-refractivity contribution in [1.82, 2.24) is 4.90 Å². The largest absolute Gasteiger partial charge is 0.494 e. The molecule has 4 aliphatic heterocycles. The molecule has 0 saturated carbocycles. The molecule has 0 fully saturated rings. The zero-order valence-electron chi connectivity index (χ0n) is 28.5. The third-order valence-electron chi connectivity index (χ3n) is 10.5. The van der Waals surface area contributed by atoms with Crippen LogP contribution in [0.15, 0.2) is 60.7 Å². The van der Waals surface area contributed by atoms with Crippen molar-refractivity contribution in [2.45, 2.75) is 37.8 Å². The van der Waals surface area contributed by atoms with Gasteiger partial charge in [-0.05, 0) is 84.6 Å². The molecule has 0 aromatic heterocycles. The van der Waals surface area contributed by atoms with Crippen molar-refractivity contribution in [2.24, 2.45) is 0 Å². The number of ether oxygens (including phenoxy) is 5. The summed E-state index contributed by atoms with van der Waals surface area (Å²) in [7, 11) is 8.69. The summed E-state index contributed by atoms with van der Waals surface area (Å²) in [5, 5.41) is 10.0. The van der Waals surface area contributed by atoms with E-state index in [1.165, 1.54) is 7.11 Å². The number of methoxy groups -OCH3 is 3. The monoisotopic (exact) mass is 669 g/mol. The first kappa shape index (κ1) is 32.7. The maximum Gasteiger partial charge on any atom is 0.359 e. The predicted octanol–water partition coefficient (Wildman–Crippen LogP) is 6.89. The Kier molecular flexibility index (Phi) is 8.62. The van der Waals surface area contributed by atoms with Crippen molar-refractivity contribution in [3.8, 4) is 40.2 Å². The first-order valence-electron chi connectivity index (χ1n) is 16.6. The molecule has 1 N–H and O–H groups in total. The van der Waals surface area contributed by atoms with Gasteiger partial charge in [0, 0.05) is 36.6 Å². The van der Waals surface area contributed by atoms with E-state index in [-0.39, 0.29) is 30.1 Å². The molecular weight excluding hydrogens is 627 g/mol. The lowest BCUT2D eigenvalue weighted by atomic mass is 9.86. The van der Waals surface area contributed by atoms with Crippen molar-refractivity contribution >= 4 is 5.97 Å². The first-order valence-corrected chi connectivity index (χ1v) is 16.6. The zero-order chi connectivity index (χ0) is 34.4. The molecule has 256 valence electrons. The van der Waals surface area contributed by atoms with Gasteiger partial charge in [-0.1, -0.05) is 18.2 Å². The van der Waals surface area contributed by atoms with Gasteiger partial charge in [-0.3, -0.25) is 4.90 Å². The maximum atomic E-state index is 16.6. The second-order valence-electron chi connectivity index (χ2n) is 13.5. The Morgan fingerprint density at radius 1 is 0.878 bits per heavy atom. The fraction of sp³-hybridized carbons (Fsp3) is 0.359. The van der Waals surface area contributed by atoms with Gasteiger partial charge < -0.3 is 33.3 Å². The summed E-state index contributed by atoms with van der Waals surface area (Å²) < 4.78 is 47.0. The molecule has 10 heteroatoms. The highest BCUT2D eigenvalue weighted by molar-refractivity contribution is 5.68. The summed E-state index contributed by atoms with van der Waals surface area (Å²) in [6, 6.07) is 19.0. The number of likely N-dealkylation sites (N-methyl/N-ethyl adjacent to an activating group) is 2. The minimum atomic E-state index is -0.865. The summed E-state index contributed by atoms with van der Waals surface area (Å²) in [6.07, 6.45) is 2.47. The quantitative estimate of drug-likeness (QED) is 0.230. The number of hydrogen-bond donors (Lipinski definition) is 1. The standard InChI is InChI=1S/C39H41FN2O7/c1-41-14-12-26-20-35(47-5)38(40)39-37(26)29(41)16-24-8-11-31(45-3)33(18-24)48-27-9-6-23(7-10-27)17-30-28-21-34(49-39)32(46-4)19-25(28)13-15-42(30,2)22-36(43)44/h6-11,18-21,29-30H,12-17,22H2,1-5H3/p+1. The average molecular weight is 670 g/mol. The van der Waals surface area contributed by atoms with E-state index in [1.807, 2.05) is 68.7 Å². The van der Waals surface area contributed by atoms with E-state index in [1.54, 1.807) is 20.3 Å². The van der Waals surface area contributed by atoms with Crippen molar-refractivity contribution in [2.75, 3.05) is 55.1 Å². The maximum absolute atomic E-state index is 16.6. The van der Waals surface area contributed by atoms with Crippen LogP contribution >= 0.6 is 0 Å². The molecule has 4 aliphatic rings. The number of fused-ring (bicyclic) bond motifs is 2. The van der Waals surface area contributed by atoms with E-state index >= 15 is 4.39 Å². The van der Waals surface area contributed by atoms with Crippen LogP contribution in [0.3, 0.4) is 0 Å². The minimum absolute atomic E-state index is 0.0459. The van der Waals surface area contributed by atoms with Gasteiger partial charge in [0.05, 0.1) is 34.9 Å². The number of carboxylic acid groups (broad SMARTS) is 1. The highest BCUT2D eigenvalue weighted by atomic mass is 19.1. The lowest BCUT2D eigenvalue weighted by molar-refractivity contribution is -0.934. The van der Waals surface area contributed by atoms with Crippen molar-refractivity contribution in [3.05, 3.63) is 99.9 Å². The van der Waals surface area contributed by atoms with Crippen molar-refractivity contribution in [1.29, 1.82) is 0 Å². The van der Waals surface area contributed by atoms with Gasteiger partial charge in [-0.25, -0.2) is 4.79 Å². The lowest BCUT2D eigenvalue weighted by Gasteiger charge is -2.45. The number of halogens is 1. The molecule has 3 atom stereocenters. The van der Waals surface area contributed by atoms with Crippen molar-refractivity contribution < 1.29 is 42.5 Å². The molecule has 9 nitrogen and oxygen atoms in total. The van der Waals surface area contributed by atoms with Crippen LogP contribution in [0.1, 0.15) is 45.5 Å². The summed E-state index contributed by atoms with van der Waals surface area (Å²) in [6.45, 7) is 1.36. The smallest absolute Gasteiger partial charge is 0.359 e. The molecule has 4 aromatic carbocycles. The van der Waals surface area contributed by atoms with Crippen LogP contribution < -0.4 is 23.7 Å². The molecule has 0 saturated heterocycles. The Morgan fingerprint density at radius 3 is 2.29 bits per heavy atom. The van der Waals surface area contributed by atoms with E-state index in [0.29, 0.717) is 65.5 Å².